The molecule has 92 valence electrons. The lowest BCUT2D eigenvalue weighted by atomic mass is 10.1. The van der Waals surface area contributed by atoms with Crippen molar-refractivity contribution < 1.29 is 13.9 Å². The average molecular weight is 246 g/mol. The molecular formula is C13H11FN2O2. The molecule has 5 heteroatoms. The molecule has 0 amide bonds. The summed E-state index contributed by atoms with van der Waals surface area (Å²) in [6.07, 6.45) is 1.59. The van der Waals surface area contributed by atoms with Crippen LogP contribution in [0, 0.1) is 5.82 Å². The highest BCUT2D eigenvalue weighted by atomic mass is 19.1. The number of hydrogen-bond acceptors (Lipinski definition) is 4. The van der Waals surface area contributed by atoms with Crippen LogP contribution >= 0.6 is 0 Å². The molecule has 1 heterocycles. The van der Waals surface area contributed by atoms with Gasteiger partial charge < -0.3 is 4.74 Å². The number of carbonyl (C=O) groups is 1. The zero-order valence-electron chi connectivity index (χ0n) is 9.76. The van der Waals surface area contributed by atoms with Gasteiger partial charge in [0.2, 0.25) is 0 Å². The van der Waals surface area contributed by atoms with Crippen molar-refractivity contribution in [2.24, 2.45) is 0 Å². The standard InChI is InChI=1S/C13H11FN2O2/c1-18-13-5-4-9(14)7-11(13)12(17)8-10-3-2-6-15-16-10/h2-7H,8H2,1H3. The van der Waals surface area contributed by atoms with Gasteiger partial charge in [0.25, 0.3) is 0 Å². The minimum absolute atomic E-state index is 0.0631. The molecule has 0 N–H and O–H groups in total. The maximum Gasteiger partial charge on any atom is 0.172 e. The van der Waals surface area contributed by atoms with E-state index in [0.717, 1.165) is 6.07 Å². The molecule has 0 aliphatic rings. The van der Waals surface area contributed by atoms with Gasteiger partial charge in [-0.1, -0.05) is 0 Å². The third-order valence-corrected chi connectivity index (χ3v) is 2.43. The molecule has 18 heavy (non-hydrogen) atoms. The number of aromatic nitrogens is 2. The molecule has 0 unspecified atom stereocenters. The number of ether oxygens (including phenoxy) is 1. The second-order valence-electron chi connectivity index (χ2n) is 3.66. The highest BCUT2D eigenvalue weighted by Gasteiger charge is 2.14. The summed E-state index contributed by atoms with van der Waals surface area (Å²) in [4.78, 5) is 12.0. The number of Topliss-reactive ketones (excluding diaryl/α,β-unsaturated/α-hetero) is 1. The second-order valence-corrected chi connectivity index (χ2v) is 3.66. The second kappa shape index (κ2) is 5.35. The number of ketones is 1. The monoisotopic (exact) mass is 246 g/mol. The van der Waals surface area contributed by atoms with E-state index in [4.69, 9.17) is 4.74 Å². The van der Waals surface area contributed by atoms with Crippen molar-refractivity contribution in [3.63, 3.8) is 0 Å². The molecule has 0 aliphatic heterocycles. The van der Waals surface area contributed by atoms with E-state index in [1.54, 1.807) is 12.1 Å². The maximum atomic E-state index is 13.1. The minimum Gasteiger partial charge on any atom is -0.496 e. The van der Waals surface area contributed by atoms with Gasteiger partial charge in [-0.2, -0.15) is 10.2 Å². The molecule has 2 rings (SSSR count). The van der Waals surface area contributed by atoms with Crippen LogP contribution in [0.2, 0.25) is 0 Å². The Labute approximate surface area is 103 Å². The Morgan fingerprint density at radius 3 is 2.89 bits per heavy atom. The van der Waals surface area contributed by atoms with Crippen LogP contribution in [0.5, 0.6) is 5.75 Å². The topological polar surface area (TPSA) is 52.1 Å². The smallest absolute Gasteiger partial charge is 0.172 e. The van der Waals surface area contributed by atoms with Crippen LogP contribution in [0.4, 0.5) is 4.39 Å². The predicted molar refractivity (Wildman–Crippen MR) is 63.0 cm³/mol. The molecule has 0 spiro atoms. The first-order chi connectivity index (χ1) is 8.70. The lowest BCUT2D eigenvalue weighted by Gasteiger charge is -2.07. The molecule has 0 saturated heterocycles. The van der Waals surface area contributed by atoms with Crippen LogP contribution in [-0.4, -0.2) is 23.1 Å². The van der Waals surface area contributed by atoms with Crippen LogP contribution in [0.25, 0.3) is 0 Å². The molecular weight excluding hydrogens is 235 g/mol. The van der Waals surface area contributed by atoms with E-state index in [2.05, 4.69) is 10.2 Å². The largest absolute Gasteiger partial charge is 0.496 e. The third-order valence-electron chi connectivity index (χ3n) is 2.43. The lowest BCUT2D eigenvalue weighted by Crippen LogP contribution is -2.08. The number of hydrogen-bond donors (Lipinski definition) is 0. The van der Waals surface area contributed by atoms with Crippen LogP contribution < -0.4 is 4.74 Å². The van der Waals surface area contributed by atoms with E-state index in [1.165, 1.54) is 25.4 Å². The number of halogens is 1. The molecule has 1 aromatic carbocycles. The van der Waals surface area contributed by atoms with Gasteiger partial charge in [0.15, 0.2) is 5.78 Å². The Morgan fingerprint density at radius 2 is 2.22 bits per heavy atom. The first-order valence-electron chi connectivity index (χ1n) is 5.34. The van der Waals surface area contributed by atoms with Crippen molar-refractivity contribution in [3.05, 3.63) is 53.6 Å². The van der Waals surface area contributed by atoms with Gasteiger partial charge in [0, 0.05) is 6.20 Å². The van der Waals surface area contributed by atoms with Crippen LogP contribution in [0.3, 0.4) is 0 Å². The average Bonchev–Trinajstić information content (AvgIpc) is 2.40. The summed E-state index contributed by atoms with van der Waals surface area (Å²) in [7, 11) is 1.44. The fraction of sp³-hybridized carbons (Fsp3) is 0.154. The molecule has 4 nitrogen and oxygen atoms in total. The summed E-state index contributed by atoms with van der Waals surface area (Å²) in [5.74, 6) is -0.379. The van der Waals surface area contributed by atoms with Crippen molar-refractivity contribution in [2.75, 3.05) is 7.11 Å². The Balaban J connectivity index is 2.26. The van der Waals surface area contributed by atoms with E-state index in [-0.39, 0.29) is 17.8 Å². The number of benzene rings is 1. The van der Waals surface area contributed by atoms with Gasteiger partial charge in [-0.3, -0.25) is 4.79 Å². The quantitative estimate of drug-likeness (QED) is 0.775. The predicted octanol–water partition coefficient (Wildman–Crippen LogP) is 2.05. The van der Waals surface area contributed by atoms with E-state index < -0.39 is 5.82 Å². The molecule has 1 aromatic heterocycles. The van der Waals surface area contributed by atoms with Gasteiger partial charge in [-0.15, -0.1) is 0 Å². The highest BCUT2D eigenvalue weighted by molar-refractivity contribution is 5.99. The van der Waals surface area contributed by atoms with E-state index in [1.807, 2.05) is 0 Å². The summed E-state index contributed by atoms with van der Waals surface area (Å²) >= 11 is 0. The first-order valence-corrected chi connectivity index (χ1v) is 5.34. The third kappa shape index (κ3) is 2.68. The van der Waals surface area contributed by atoms with Crippen molar-refractivity contribution in [2.45, 2.75) is 6.42 Å². The molecule has 0 fully saturated rings. The van der Waals surface area contributed by atoms with Crippen molar-refractivity contribution in [1.82, 2.24) is 10.2 Å². The van der Waals surface area contributed by atoms with E-state index >= 15 is 0 Å². The summed E-state index contributed by atoms with van der Waals surface area (Å²) in [6.45, 7) is 0. The van der Waals surface area contributed by atoms with Crippen molar-refractivity contribution >= 4 is 5.78 Å². The molecule has 0 radical (unpaired) electrons. The molecule has 2 aromatic rings. The SMILES string of the molecule is COc1ccc(F)cc1C(=O)Cc1cccnn1. The van der Waals surface area contributed by atoms with Gasteiger partial charge >= 0.3 is 0 Å². The highest BCUT2D eigenvalue weighted by Crippen LogP contribution is 2.20. The van der Waals surface area contributed by atoms with E-state index in [0.29, 0.717) is 11.4 Å². The van der Waals surface area contributed by atoms with Crippen molar-refractivity contribution in [1.29, 1.82) is 0 Å². The first kappa shape index (κ1) is 12.2. The fourth-order valence-corrected chi connectivity index (χ4v) is 1.59. The maximum absolute atomic E-state index is 13.1. The van der Waals surface area contributed by atoms with Crippen LogP contribution in [-0.2, 0) is 6.42 Å². The van der Waals surface area contributed by atoms with Crippen LogP contribution in [0.15, 0.2) is 36.5 Å². The summed E-state index contributed by atoms with van der Waals surface area (Å²) in [5, 5.41) is 7.50. The van der Waals surface area contributed by atoms with Gasteiger partial charge in [0.05, 0.1) is 24.8 Å². The lowest BCUT2D eigenvalue weighted by molar-refractivity contribution is 0.0988. The van der Waals surface area contributed by atoms with Gasteiger partial charge in [-0.05, 0) is 30.3 Å². The van der Waals surface area contributed by atoms with Crippen molar-refractivity contribution in [3.8, 4) is 5.75 Å². The molecule has 0 atom stereocenters. The van der Waals surface area contributed by atoms with Crippen LogP contribution in [0.1, 0.15) is 16.1 Å². The Bertz CT molecular complexity index is 558. The molecule has 0 bridgehead atoms. The Hall–Kier alpha value is -2.30. The molecule has 0 saturated carbocycles. The Kier molecular flexibility index (Phi) is 3.62. The van der Waals surface area contributed by atoms with E-state index in [9.17, 15) is 9.18 Å². The number of carbonyl (C=O) groups excluding carboxylic acids is 1. The molecule has 0 aliphatic carbocycles. The zero-order chi connectivity index (χ0) is 13.0. The number of rotatable bonds is 4. The number of methoxy groups -OCH3 is 1. The van der Waals surface area contributed by atoms with Gasteiger partial charge in [-0.25, -0.2) is 4.39 Å². The fourth-order valence-electron chi connectivity index (χ4n) is 1.59. The Morgan fingerprint density at radius 1 is 1.39 bits per heavy atom. The minimum atomic E-state index is -0.474. The van der Waals surface area contributed by atoms with Gasteiger partial charge in [0.1, 0.15) is 11.6 Å². The number of nitrogens with zero attached hydrogens (tertiary/aromatic N) is 2. The zero-order valence-corrected chi connectivity index (χ0v) is 9.76. The summed E-state index contributed by atoms with van der Waals surface area (Å²) in [5.41, 5.74) is 0.747. The summed E-state index contributed by atoms with van der Waals surface area (Å²) < 4.78 is 18.2. The summed E-state index contributed by atoms with van der Waals surface area (Å²) in [6, 6.07) is 7.23. The normalized spacial score (nSPS) is 10.1.